The Balaban J connectivity index is 2.04. The van der Waals surface area contributed by atoms with Crippen LogP contribution in [0.25, 0.3) is 0 Å². The average Bonchev–Trinajstić information content (AvgIpc) is 2.38. The second-order valence-corrected chi connectivity index (χ2v) is 6.62. The van der Waals surface area contributed by atoms with Gasteiger partial charge in [0, 0.05) is 25.7 Å². The van der Waals surface area contributed by atoms with Crippen molar-refractivity contribution in [1.82, 2.24) is 10.2 Å². The van der Waals surface area contributed by atoms with Crippen LogP contribution in [0.15, 0.2) is 0 Å². The summed E-state index contributed by atoms with van der Waals surface area (Å²) < 4.78 is 5.23. The second-order valence-electron chi connectivity index (χ2n) is 6.62. The van der Waals surface area contributed by atoms with Gasteiger partial charge in [-0.2, -0.15) is 0 Å². The van der Waals surface area contributed by atoms with Crippen LogP contribution in [0.3, 0.4) is 0 Å². The van der Waals surface area contributed by atoms with E-state index in [-0.39, 0.29) is 12.0 Å². The first-order chi connectivity index (χ1) is 9.03. The van der Waals surface area contributed by atoms with E-state index in [0.29, 0.717) is 18.1 Å². The molecule has 2 unspecified atom stereocenters. The van der Waals surface area contributed by atoms with Gasteiger partial charge in [-0.1, -0.05) is 20.3 Å². The quantitative estimate of drug-likeness (QED) is 0.792. The van der Waals surface area contributed by atoms with Crippen molar-refractivity contribution >= 4 is 5.97 Å². The molecule has 1 saturated carbocycles. The molecular weight excluding hydrogens is 240 g/mol. The minimum atomic E-state index is -0.0902. The molecule has 0 spiro atoms. The molecule has 19 heavy (non-hydrogen) atoms. The Bertz CT molecular complexity index is 317. The van der Waals surface area contributed by atoms with Gasteiger partial charge in [0.05, 0.1) is 6.61 Å². The molecule has 0 amide bonds. The molecule has 4 nitrogen and oxygen atoms in total. The standard InChI is InChI=1S/C15H28N2O2/c1-4-19-14(18)13-11-16-8-9-17(13)12-6-5-7-15(2,3)10-12/h12-13,16H,4-11H2,1-3H3. The largest absolute Gasteiger partial charge is 0.465 e. The molecule has 2 atom stereocenters. The maximum absolute atomic E-state index is 12.1. The molecule has 0 aromatic rings. The van der Waals surface area contributed by atoms with Crippen molar-refractivity contribution in [2.45, 2.75) is 58.5 Å². The average molecular weight is 268 g/mol. The third-order valence-electron chi connectivity index (χ3n) is 4.49. The molecule has 0 aromatic heterocycles. The Kier molecular flexibility index (Phi) is 4.85. The molecule has 2 aliphatic rings. The molecule has 1 aliphatic heterocycles. The van der Waals surface area contributed by atoms with Crippen molar-refractivity contribution in [2.24, 2.45) is 5.41 Å². The van der Waals surface area contributed by atoms with E-state index in [1.807, 2.05) is 6.92 Å². The lowest BCUT2D eigenvalue weighted by Crippen LogP contribution is -2.59. The van der Waals surface area contributed by atoms with Gasteiger partial charge in [-0.3, -0.25) is 9.69 Å². The number of piperazine rings is 1. The van der Waals surface area contributed by atoms with E-state index in [9.17, 15) is 4.79 Å². The highest BCUT2D eigenvalue weighted by Gasteiger charge is 2.38. The fourth-order valence-corrected chi connectivity index (χ4v) is 3.56. The highest BCUT2D eigenvalue weighted by molar-refractivity contribution is 5.76. The zero-order chi connectivity index (χ0) is 13.9. The van der Waals surface area contributed by atoms with Crippen LogP contribution in [0.5, 0.6) is 0 Å². The fourth-order valence-electron chi connectivity index (χ4n) is 3.56. The molecule has 1 saturated heterocycles. The Morgan fingerprint density at radius 3 is 2.95 bits per heavy atom. The molecule has 1 N–H and O–H groups in total. The lowest BCUT2D eigenvalue weighted by molar-refractivity contribution is -0.152. The summed E-state index contributed by atoms with van der Waals surface area (Å²) in [5.41, 5.74) is 0.410. The van der Waals surface area contributed by atoms with Crippen molar-refractivity contribution in [3.8, 4) is 0 Å². The first-order valence-electron chi connectivity index (χ1n) is 7.66. The van der Waals surface area contributed by atoms with Gasteiger partial charge in [-0.25, -0.2) is 0 Å². The zero-order valence-electron chi connectivity index (χ0n) is 12.6. The van der Waals surface area contributed by atoms with Crippen LogP contribution >= 0.6 is 0 Å². The number of esters is 1. The maximum Gasteiger partial charge on any atom is 0.324 e. The van der Waals surface area contributed by atoms with Crippen LogP contribution < -0.4 is 5.32 Å². The number of nitrogens with one attached hydrogen (secondary N) is 1. The Morgan fingerprint density at radius 1 is 1.47 bits per heavy atom. The summed E-state index contributed by atoms with van der Waals surface area (Å²) in [6, 6.07) is 0.452. The van der Waals surface area contributed by atoms with Crippen LogP contribution in [0, 0.1) is 5.41 Å². The van der Waals surface area contributed by atoms with Crippen LogP contribution in [-0.2, 0) is 9.53 Å². The second kappa shape index (κ2) is 6.23. The van der Waals surface area contributed by atoms with Gasteiger partial charge in [0.1, 0.15) is 6.04 Å². The minimum absolute atomic E-state index is 0.0573. The van der Waals surface area contributed by atoms with Crippen molar-refractivity contribution in [2.75, 3.05) is 26.2 Å². The van der Waals surface area contributed by atoms with Gasteiger partial charge in [0.15, 0.2) is 0 Å². The monoisotopic (exact) mass is 268 g/mol. The van der Waals surface area contributed by atoms with Gasteiger partial charge >= 0.3 is 5.97 Å². The Hall–Kier alpha value is -0.610. The van der Waals surface area contributed by atoms with E-state index in [1.165, 1.54) is 25.7 Å². The van der Waals surface area contributed by atoms with Crippen LogP contribution in [-0.4, -0.2) is 49.2 Å². The number of nitrogens with zero attached hydrogens (tertiary/aromatic N) is 1. The molecule has 0 bridgehead atoms. The molecule has 0 radical (unpaired) electrons. The summed E-state index contributed by atoms with van der Waals surface area (Å²) in [4.78, 5) is 14.5. The van der Waals surface area contributed by atoms with E-state index in [0.717, 1.165) is 19.6 Å². The first kappa shape index (κ1) is 14.8. The molecule has 1 heterocycles. The van der Waals surface area contributed by atoms with E-state index in [1.54, 1.807) is 0 Å². The summed E-state index contributed by atoms with van der Waals surface area (Å²) >= 11 is 0. The minimum Gasteiger partial charge on any atom is -0.465 e. The molecule has 0 aromatic carbocycles. The van der Waals surface area contributed by atoms with E-state index in [2.05, 4.69) is 24.1 Å². The smallest absolute Gasteiger partial charge is 0.324 e. The highest BCUT2D eigenvalue weighted by Crippen LogP contribution is 2.38. The third kappa shape index (κ3) is 3.69. The van der Waals surface area contributed by atoms with Crippen LogP contribution in [0.1, 0.15) is 46.5 Å². The number of hydrogen-bond donors (Lipinski definition) is 1. The molecule has 2 rings (SSSR count). The van der Waals surface area contributed by atoms with Crippen molar-refractivity contribution in [3.05, 3.63) is 0 Å². The predicted molar refractivity (Wildman–Crippen MR) is 76.0 cm³/mol. The molecule has 110 valence electrons. The van der Waals surface area contributed by atoms with E-state index < -0.39 is 0 Å². The molecule has 2 fully saturated rings. The van der Waals surface area contributed by atoms with Gasteiger partial charge < -0.3 is 10.1 Å². The topological polar surface area (TPSA) is 41.6 Å². The third-order valence-corrected chi connectivity index (χ3v) is 4.49. The molecule has 4 heteroatoms. The Labute approximate surface area is 116 Å². The number of hydrogen-bond acceptors (Lipinski definition) is 4. The SMILES string of the molecule is CCOC(=O)C1CNCCN1C1CCCC(C)(C)C1. The number of carbonyl (C=O) groups is 1. The maximum atomic E-state index is 12.1. The number of carbonyl (C=O) groups excluding carboxylic acids is 1. The van der Waals surface area contributed by atoms with Crippen LogP contribution in [0.2, 0.25) is 0 Å². The van der Waals surface area contributed by atoms with Gasteiger partial charge in [0.25, 0.3) is 0 Å². The summed E-state index contributed by atoms with van der Waals surface area (Å²) in [6.07, 6.45) is 5.00. The summed E-state index contributed by atoms with van der Waals surface area (Å²) in [5.74, 6) is -0.0573. The predicted octanol–water partition coefficient (Wildman–Crippen LogP) is 1.79. The normalized spacial score (nSPS) is 31.9. The van der Waals surface area contributed by atoms with Crippen molar-refractivity contribution < 1.29 is 9.53 Å². The Morgan fingerprint density at radius 2 is 2.26 bits per heavy atom. The summed E-state index contributed by atoms with van der Waals surface area (Å²) in [6.45, 7) is 9.72. The lowest BCUT2D eigenvalue weighted by atomic mass is 9.74. The van der Waals surface area contributed by atoms with Gasteiger partial charge in [-0.05, 0) is 31.6 Å². The molecular formula is C15H28N2O2. The molecule has 1 aliphatic carbocycles. The van der Waals surface area contributed by atoms with Crippen LogP contribution in [0.4, 0.5) is 0 Å². The lowest BCUT2D eigenvalue weighted by Gasteiger charge is -2.45. The van der Waals surface area contributed by atoms with Crippen molar-refractivity contribution in [3.63, 3.8) is 0 Å². The summed E-state index contributed by atoms with van der Waals surface area (Å²) in [7, 11) is 0. The first-order valence-corrected chi connectivity index (χ1v) is 7.66. The zero-order valence-corrected chi connectivity index (χ0v) is 12.6. The van der Waals surface area contributed by atoms with E-state index >= 15 is 0 Å². The van der Waals surface area contributed by atoms with Gasteiger partial charge in [0.2, 0.25) is 0 Å². The number of ether oxygens (including phenoxy) is 1. The highest BCUT2D eigenvalue weighted by atomic mass is 16.5. The number of rotatable bonds is 3. The fraction of sp³-hybridized carbons (Fsp3) is 0.933. The van der Waals surface area contributed by atoms with Gasteiger partial charge in [-0.15, -0.1) is 0 Å². The van der Waals surface area contributed by atoms with Crippen molar-refractivity contribution in [1.29, 1.82) is 0 Å². The summed E-state index contributed by atoms with van der Waals surface area (Å²) in [5, 5.41) is 3.32. The van der Waals surface area contributed by atoms with E-state index in [4.69, 9.17) is 4.74 Å².